The van der Waals surface area contributed by atoms with Crippen LogP contribution in [0.5, 0.6) is 0 Å². The molecule has 0 bridgehead atoms. The maximum atomic E-state index is 11.9. The Morgan fingerprint density at radius 3 is 2.85 bits per heavy atom. The quantitative estimate of drug-likeness (QED) is 0.201. The van der Waals surface area contributed by atoms with Gasteiger partial charge in [0.2, 0.25) is 0 Å². The summed E-state index contributed by atoms with van der Waals surface area (Å²) in [6, 6.07) is 0. The minimum Gasteiger partial charge on any atom is -0.468 e. The number of nitrogens with one attached hydrogen (secondary N) is 2. The van der Waals surface area contributed by atoms with E-state index in [2.05, 4.69) is 20.0 Å². The molecule has 1 heterocycles. The summed E-state index contributed by atoms with van der Waals surface area (Å²) in [5, 5.41) is 10.5. The second kappa shape index (κ2) is 7.59. The van der Waals surface area contributed by atoms with E-state index < -0.39 is 11.9 Å². The summed E-state index contributed by atoms with van der Waals surface area (Å²) in [7, 11) is 1.25. The molecule has 0 radical (unpaired) electrons. The van der Waals surface area contributed by atoms with Gasteiger partial charge in [0.1, 0.15) is 12.2 Å². The Hall–Kier alpha value is -2.81. The van der Waals surface area contributed by atoms with Gasteiger partial charge in [0, 0.05) is 24.8 Å². The summed E-state index contributed by atoms with van der Waals surface area (Å²) in [4.78, 5) is 30.4. The fourth-order valence-electron chi connectivity index (χ4n) is 1.14. The molecule has 0 aromatic carbocycles. The minimum absolute atomic E-state index is 0.0377. The van der Waals surface area contributed by atoms with Crippen LogP contribution < -0.4 is 11.2 Å². The number of hydrogen-bond donors (Lipinski definition) is 3. The summed E-state index contributed by atoms with van der Waals surface area (Å²) in [6.07, 6.45) is 6.13. The van der Waals surface area contributed by atoms with Crippen LogP contribution in [-0.2, 0) is 9.53 Å². The molecular weight excluding hydrogens is 264 g/mol. The molecule has 0 unspecified atom stereocenters. The third-order valence-corrected chi connectivity index (χ3v) is 2.15. The maximum Gasteiger partial charge on any atom is 0.325 e. The van der Waals surface area contributed by atoms with Crippen molar-refractivity contribution in [1.82, 2.24) is 20.3 Å². The average molecular weight is 278 g/mol. The highest BCUT2D eigenvalue weighted by Crippen LogP contribution is 2.01. The molecule has 1 amide bonds. The molecule has 0 aliphatic carbocycles. The van der Waals surface area contributed by atoms with Gasteiger partial charge in [-0.2, -0.15) is 0 Å². The normalized spacial score (nSPS) is 10.6. The number of nitrogens with two attached hydrogens (primary N) is 1. The highest BCUT2D eigenvalue weighted by Gasteiger charge is 2.16. The van der Waals surface area contributed by atoms with Crippen molar-refractivity contribution >= 4 is 18.1 Å². The van der Waals surface area contributed by atoms with Crippen LogP contribution >= 0.6 is 0 Å². The standard InChI is InChI=1S/C11H14N6O3/c1-20-10(18)7-15-5-8(4-12)17(13)11(19)9-6-14-2-3-16-9/h2-6,12,15H,7,13H2,1H3/b8-5+,12-4?. The second-order valence-corrected chi connectivity index (χ2v) is 3.44. The van der Waals surface area contributed by atoms with Gasteiger partial charge < -0.3 is 15.5 Å². The number of allylic oxidation sites excluding steroid dienone is 1. The first-order valence-electron chi connectivity index (χ1n) is 5.46. The fourth-order valence-corrected chi connectivity index (χ4v) is 1.14. The third-order valence-electron chi connectivity index (χ3n) is 2.15. The molecule has 20 heavy (non-hydrogen) atoms. The molecule has 9 nitrogen and oxygen atoms in total. The van der Waals surface area contributed by atoms with Crippen LogP contribution in [0.4, 0.5) is 0 Å². The van der Waals surface area contributed by atoms with Crippen molar-refractivity contribution in [3.8, 4) is 0 Å². The number of aromatic nitrogens is 2. The van der Waals surface area contributed by atoms with Gasteiger partial charge in [-0.05, 0) is 0 Å². The number of carbonyl (C=O) groups excluding carboxylic acids is 2. The van der Waals surface area contributed by atoms with Crippen LogP contribution in [0.2, 0.25) is 0 Å². The van der Waals surface area contributed by atoms with E-state index in [-0.39, 0.29) is 17.9 Å². The lowest BCUT2D eigenvalue weighted by atomic mass is 10.3. The number of rotatable bonds is 6. The number of hydrogen-bond acceptors (Lipinski definition) is 8. The van der Waals surface area contributed by atoms with E-state index in [0.717, 1.165) is 11.2 Å². The smallest absolute Gasteiger partial charge is 0.325 e. The monoisotopic (exact) mass is 278 g/mol. The summed E-state index contributed by atoms with van der Waals surface area (Å²) in [5.74, 6) is 4.47. The molecule has 0 aliphatic rings. The van der Waals surface area contributed by atoms with Crippen molar-refractivity contribution in [3.63, 3.8) is 0 Å². The molecule has 0 atom stereocenters. The fraction of sp³-hybridized carbons (Fsp3) is 0.182. The zero-order chi connectivity index (χ0) is 15.0. The molecule has 106 valence electrons. The predicted octanol–water partition coefficient (Wildman–Crippen LogP) is -0.954. The number of hydrazine groups is 1. The summed E-state index contributed by atoms with van der Waals surface area (Å²) < 4.78 is 4.43. The first kappa shape index (κ1) is 15.2. The van der Waals surface area contributed by atoms with Gasteiger partial charge in [-0.15, -0.1) is 0 Å². The largest absolute Gasteiger partial charge is 0.468 e. The molecule has 0 aliphatic heterocycles. The molecule has 0 saturated heterocycles. The van der Waals surface area contributed by atoms with Gasteiger partial charge in [0.25, 0.3) is 5.91 Å². The van der Waals surface area contributed by atoms with Gasteiger partial charge in [-0.1, -0.05) is 0 Å². The summed E-state index contributed by atoms with van der Waals surface area (Å²) in [5.41, 5.74) is 0.0836. The van der Waals surface area contributed by atoms with Gasteiger partial charge in [-0.25, -0.2) is 15.8 Å². The Balaban J connectivity index is 2.74. The van der Waals surface area contributed by atoms with Gasteiger partial charge in [-0.3, -0.25) is 14.6 Å². The van der Waals surface area contributed by atoms with Crippen molar-refractivity contribution < 1.29 is 14.3 Å². The number of methoxy groups -OCH3 is 1. The van der Waals surface area contributed by atoms with E-state index in [1.54, 1.807) is 0 Å². The Labute approximate surface area is 114 Å². The Morgan fingerprint density at radius 2 is 2.30 bits per heavy atom. The van der Waals surface area contributed by atoms with E-state index in [0.29, 0.717) is 0 Å². The minimum atomic E-state index is -0.632. The zero-order valence-corrected chi connectivity index (χ0v) is 10.7. The molecule has 0 spiro atoms. The van der Waals surface area contributed by atoms with Gasteiger partial charge in [0.05, 0.1) is 19.0 Å². The number of carbonyl (C=O) groups is 2. The SMILES string of the molecule is COC(=O)CN/C=C(\C=N)N(N)C(=O)c1cnccn1. The van der Waals surface area contributed by atoms with Crippen molar-refractivity contribution in [2.24, 2.45) is 5.84 Å². The summed E-state index contributed by atoms with van der Waals surface area (Å²) >= 11 is 0. The highest BCUT2D eigenvalue weighted by molar-refractivity contribution is 5.96. The maximum absolute atomic E-state index is 11.9. The number of amides is 1. The number of esters is 1. The van der Waals surface area contributed by atoms with Crippen LogP contribution in [0.3, 0.4) is 0 Å². The van der Waals surface area contributed by atoms with E-state index in [9.17, 15) is 9.59 Å². The molecule has 9 heteroatoms. The van der Waals surface area contributed by atoms with Gasteiger partial charge >= 0.3 is 5.97 Å². The lowest BCUT2D eigenvalue weighted by Gasteiger charge is -2.16. The number of ether oxygens (including phenoxy) is 1. The van der Waals surface area contributed by atoms with Crippen molar-refractivity contribution in [2.45, 2.75) is 0 Å². The Bertz CT molecular complexity index is 516. The van der Waals surface area contributed by atoms with Crippen LogP contribution in [0, 0.1) is 5.41 Å². The van der Waals surface area contributed by atoms with Crippen LogP contribution in [-0.4, -0.2) is 46.7 Å². The van der Waals surface area contributed by atoms with Crippen LogP contribution in [0.25, 0.3) is 0 Å². The first-order chi connectivity index (χ1) is 9.60. The molecule has 1 aromatic rings. The van der Waals surface area contributed by atoms with E-state index in [1.165, 1.54) is 31.9 Å². The van der Waals surface area contributed by atoms with E-state index in [4.69, 9.17) is 11.3 Å². The van der Waals surface area contributed by atoms with E-state index >= 15 is 0 Å². The molecule has 4 N–H and O–H groups in total. The molecule has 0 saturated carbocycles. The number of nitrogens with zero attached hydrogens (tertiary/aromatic N) is 3. The third kappa shape index (κ3) is 4.14. The Kier molecular flexibility index (Phi) is 5.78. The van der Waals surface area contributed by atoms with Crippen molar-refractivity contribution in [2.75, 3.05) is 13.7 Å². The first-order valence-corrected chi connectivity index (χ1v) is 5.46. The van der Waals surface area contributed by atoms with Gasteiger partial charge in [0.15, 0.2) is 0 Å². The Morgan fingerprint density at radius 1 is 1.55 bits per heavy atom. The topological polar surface area (TPSA) is 134 Å². The lowest BCUT2D eigenvalue weighted by molar-refractivity contribution is -0.139. The van der Waals surface area contributed by atoms with Crippen LogP contribution in [0.15, 0.2) is 30.5 Å². The predicted molar refractivity (Wildman–Crippen MR) is 69.3 cm³/mol. The van der Waals surface area contributed by atoms with Crippen molar-refractivity contribution in [3.05, 3.63) is 36.2 Å². The second-order valence-electron chi connectivity index (χ2n) is 3.44. The van der Waals surface area contributed by atoms with Crippen LogP contribution in [0.1, 0.15) is 10.5 Å². The average Bonchev–Trinajstić information content (AvgIpc) is 2.50. The lowest BCUT2D eigenvalue weighted by Crippen LogP contribution is -2.38. The molecule has 0 fully saturated rings. The van der Waals surface area contributed by atoms with E-state index in [1.807, 2.05) is 0 Å². The molecule has 1 aromatic heterocycles. The summed E-state index contributed by atoms with van der Waals surface area (Å²) in [6.45, 7) is -0.110. The molecular formula is C11H14N6O3. The molecule has 1 rings (SSSR count). The van der Waals surface area contributed by atoms with Crippen molar-refractivity contribution in [1.29, 1.82) is 5.41 Å². The zero-order valence-electron chi connectivity index (χ0n) is 10.7. The highest BCUT2D eigenvalue weighted by atomic mass is 16.5.